The molecule has 0 aromatic carbocycles. The van der Waals surface area contributed by atoms with Gasteiger partial charge in [-0.05, 0) is 18.1 Å². The molecule has 1 saturated heterocycles. The highest BCUT2D eigenvalue weighted by Crippen LogP contribution is 2.19. The van der Waals surface area contributed by atoms with Crippen molar-refractivity contribution >= 4 is 0 Å². The van der Waals surface area contributed by atoms with Crippen LogP contribution in [0.5, 0.6) is 0 Å². The molecule has 1 aromatic rings. The summed E-state index contributed by atoms with van der Waals surface area (Å²) in [5.41, 5.74) is 1.08. The van der Waals surface area contributed by atoms with Gasteiger partial charge in [0.2, 0.25) is 0 Å². The van der Waals surface area contributed by atoms with E-state index in [0.29, 0.717) is 0 Å². The third-order valence-electron chi connectivity index (χ3n) is 2.62. The van der Waals surface area contributed by atoms with Crippen LogP contribution in [0.1, 0.15) is 19.0 Å². The summed E-state index contributed by atoms with van der Waals surface area (Å²) in [7, 11) is 0. The van der Waals surface area contributed by atoms with E-state index in [4.69, 9.17) is 0 Å². The minimum Gasteiger partial charge on any atom is -0.297 e. The molecule has 0 N–H and O–H groups in total. The van der Waals surface area contributed by atoms with E-state index in [1.165, 1.54) is 19.5 Å². The second-order valence-electron chi connectivity index (χ2n) is 3.68. The highest BCUT2D eigenvalue weighted by molar-refractivity contribution is 5.00. The summed E-state index contributed by atoms with van der Waals surface area (Å²) in [5.74, 6) is 0.914. The molecule has 3 heteroatoms. The zero-order valence-corrected chi connectivity index (χ0v) is 7.98. The predicted molar refractivity (Wildman–Crippen MR) is 51.1 cm³/mol. The fraction of sp³-hybridized carbons (Fsp3) is 0.600. The maximum absolute atomic E-state index is 4.06. The van der Waals surface area contributed by atoms with Crippen molar-refractivity contribution in [1.82, 2.24) is 15.1 Å². The van der Waals surface area contributed by atoms with Gasteiger partial charge in [-0.1, -0.05) is 13.3 Å². The summed E-state index contributed by atoms with van der Waals surface area (Å²) in [6, 6.07) is 3.98. The molecule has 0 saturated carbocycles. The molecule has 1 aromatic heterocycles. The van der Waals surface area contributed by atoms with Crippen LogP contribution in [-0.2, 0) is 6.54 Å². The smallest absolute Gasteiger partial charge is 0.0771 e. The highest BCUT2D eigenvalue weighted by atomic mass is 15.2. The van der Waals surface area contributed by atoms with Gasteiger partial charge in [-0.15, -0.1) is 0 Å². The molecule has 0 amide bonds. The standard InChI is InChI=1S/C10H15N3/c1-2-9-6-13(7-9)8-10-4-3-5-11-12-10/h3-5,9H,2,6-8H2,1H3. The van der Waals surface area contributed by atoms with Crippen molar-refractivity contribution in [3.8, 4) is 0 Å². The van der Waals surface area contributed by atoms with E-state index in [1.807, 2.05) is 12.1 Å². The highest BCUT2D eigenvalue weighted by Gasteiger charge is 2.24. The molecule has 3 nitrogen and oxygen atoms in total. The molecule has 1 fully saturated rings. The van der Waals surface area contributed by atoms with Crippen LogP contribution in [0.2, 0.25) is 0 Å². The molecule has 70 valence electrons. The average Bonchev–Trinajstić information content (AvgIpc) is 2.12. The lowest BCUT2D eigenvalue weighted by atomic mass is 9.97. The molecular formula is C10H15N3. The van der Waals surface area contributed by atoms with E-state index in [9.17, 15) is 0 Å². The van der Waals surface area contributed by atoms with Crippen molar-refractivity contribution in [1.29, 1.82) is 0 Å². The van der Waals surface area contributed by atoms with Crippen molar-refractivity contribution in [2.45, 2.75) is 19.9 Å². The van der Waals surface area contributed by atoms with Gasteiger partial charge < -0.3 is 0 Å². The maximum Gasteiger partial charge on any atom is 0.0771 e. The topological polar surface area (TPSA) is 29.0 Å². The lowest BCUT2D eigenvalue weighted by Crippen LogP contribution is -2.45. The van der Waals surface area contributed by atoms with Crippen LogP contribution < -0.4 is 0 Å². The first-order valence-corrected chi connectivity index (χ1v) is 4.87. The fourth-order valence-electron chi connectivity index (χ4n) is 1.71. The molecule has 2 heterocycles. The molecule has 0 spiro atoms. The number of aromatic nitrogens is 2. The Morgan fingerprint density at radius 3 is 3.00 bits per heavy atom. The van der Waals surface area contributed by atoms with Crippen molar-refractivity contribution in [2.24, 2.45) is 5.92 Å². The molecule has 0 aliphatic carbocycles. The Labute approximate surface area is 78.8 Å². The van der Waals surface area contributed by atoms with Crippen LogP contribution in [0.3, 0.4) is 0 Å². The van der Waals surface area contributed by atoms with Gasteiger partial charge in [-0.2, -0.15) is 10.2 Å². The van der Waals surface area contributed by atoms with Crippen molar-refractivity contribution in [3.05, 3.63) is 24.0 Å². The van der Waals surface area contributed by atoms with Gasteiger partial charge in [0, 0.05) is 25.8 Å². The number of rotatable bonds is 3. The second kappa shape index (κ2) is 3.83. The number of hydrogen-bond acceptors (Lipinski definition) is 3. The van der Waals surface area contributed by atoms with E-state index in [1.54, 1.807) is 6.20 Å². The Kier molecular flexibility index (Phi) is 2.54. The van der Waals surface area contributed by atoms with Gasteiger partial charge >= 0.3 is 0 Å². The van der Waals surface area contributed by atoms with E-state index in [-0.39, 0.29) is 0 Å². The molecule has 1 aliphatic rings. The first-order valence-electron chi connectivity index (χ1n) is 4.87. The van der Waals surface area contributed by atoms with Gasteiger partial charge in [-0.25, -0.2) is 0 Å². The Bertz CT molecular complexity index is 254. The fourth-order valence-corrected chi connectivity index (χ4v) is 1.71. The Morgan fingerprint density at radius 1 is 1.54 bits per heavy atom. The van der Waals surface area contributed by atoms with Crippen LogP contribution in [0.25, 0.3) is 0 Å². The Balaban J connectivity index is 1.81. The lowest BCUT2D eigenvalue weighted by molar-refractivity contribution is 0.0882. The molecule has 0 unspecified atom stereocenters. The minimum absolute atomic E-state index is 0.914. The lowest BCUT2D eigenvalue weighted by Gasteiger charge is -2.38. The number of likely N-dealkylation sites (tertiary alicyclic amines) is 1. The summed E-state index contributed by atoms with van der Waals surface area (Å²) < 4.78 is 0. The van der Waals surface area contributed by atoms with Crippen LogP contribution in [0.4, 0.5) is 0 Å². The normalized spacial score (nSPS) is 18.5. The third-order valence-corrected chi connectivity index (χ3v) is 2.62. The summed E-state index contributed by atoms with van der Waals surface area (Å²) in [5, 5.41) is 7.92. The molecule has 0 bridgehead atoms. The number of hydrogen-bond donors (Lipinski definition) is 0. The SMILES string of the molecule is CCC1CN(Cc2cccnn2)C1. The molecule has 0 atom stereocenters. The van der Waals surface area contributed by atoms with E-state index in [0.717, 1.165) is 18.2 Å². The van der Waals surface area contributed by atoms with Gasteiger partial charge in [0.25, 0.3) is 0 Å². The summed E-state index contributed by atoms with van der Waals surface area (Å²) >= 11 is 0. The summed E-state index contributed by atoms with van der Waals surface area (Å²) in [6.07, 6.45) is 3.02. The van der Waals surface area contributed by atoms with Crippen LogP contribution in [0.15, 0.2) is 18.3 Å². The molecule has 13 heavy (non-hydrogen) atoms. The quantitative estimate of drug-likeness (QED) is 0.697. The Hall–Kier alpha value is -0.960. The first kappa shape index (κ1) is 8.63. The largest absolute Gasteiger partial charge is 0.297 e. The molecule has 1 aliphatic heterocycles. The summed E-state index contributed by atoms with van der Waals surface area (Å²) in [6.45, 7) is 5.68. The van der Waals surface area contributed by atoms with E-state index < -0.39 is 0 Å². The number of nitrogens with zero attached hydrogens (tertiary/aromatic N) is 3. The van der Waals surface area contributed by atoms with Gasteiger partial charge in [-0.3, -0.25) is 4.90 Å². The molecule has 2 rings (SSSR count). The van der Waals surface area contributed by atoms with Crippen molar-refractivity contribution in [3.63, 3.8) is 0 Å². The monoisotopic (exact) mass is 177 g/mol. The second-order valence-corrected chi connectivity index (χ2v) is 3.68. The van der Waals surface area contributed by atoms with E-state index >= 15 is 0 Å². The molecule has 0 radical (unpaired) electrons. The molecular weight excluding hydrogens is 162 g/mol. The Morgan fingerprint density at radius 2 is 2.38 bits per heavy atom. The summed E-state index contributed by atoms with van der Waals surface area (Å²) in [4.78, 5) is 2.41. The zero-order chi connectivity index (χ0) is 9.10. The van der Waals surface area contributed by atoms with Crippen molar-refractivity contribution in [2.75, 3.05) is 13.1 Å². The van der Waals surface area contributed by atoms with Gasteiger partial charge in [0.1, 0.15) is 0 Å². The maximum atomic E-state index is 4.06. The zero-order valence-electron chi connectivity index (χ0n) is 7.98. The van der Waals surface area contributed by atoms with Crippen LogP contribution >= 0.6 is 0 Å². The van der Waals surface area contributed by atoms with Crippen LogP contribution in [0, 0.1) is 5.92 Å². The van der Waals surface area contributed by atoms with E-state index in [2.05, 4.69) is 22.0 Å². The first-order chi connectivity index (χ1) is 6.38. The predicted octanol–water partition coefficient (Wildman–Crippen LogP) is 1.32. The van der Waals surface area contributed by atoms with Crippen molar-refractivity contribution < 1.29 is 0 Å². The minimum atomic E-state index is 0.914. The average molecular weight is 177 g/mol. The van der Waals surface area contributed by atoms with Gasteiger partial charge in [0.05, 0.1) is 5.69 Å². The third kappa shape index (κ3) is 2.04. The van der Waals surface area contributed by atoms with Gasteiger partial charge in [0.15, 0.2) is 0 Å². The van der Waals surface area contributed by atoms with Crippen LogP contribution in [-0.4, -0.2) is 28.2 Å².